The van der Waals surface area contributed by atoms with Crippen LogP contribution in [0.15, 0.2) is 36.8 Å². The number of halogens is 5. The number of nitrogen functional groups attached to an aromatic ring is 4. The van der Waals surface area contributed by atoms with Gasteiger partial charge in [0.1, 0.15) is 10.8 Å². The van der Waals surface area contributed by atoms with Gasteiger partial charge in [-0.2, -0.15) is 6.92 Å². The van der Waals surface area contributed by atoms with Gasteiger partial charge in [0.2, 0.25) is 11.0 Å². The Bertz CT molecular complexity index is 1660. The Balaban J connectivity index is -0.000000710. The Morgan fingerprint density at radius 2 is 1.03 bits per heavy atom. The van der Waals surface area contributed by atoms with Gasteiger partial charge in [0, 0.05) is 123 Å². The van der Waals surface area contributed by atoms with Gasteiger partial charge in [0.15, 0.2) is 5.82 Å². The van der Waals surface area contributed by atoms with E-state index in [0.29, 0.717) is 16.6 Å². The molecular formula is C36H63ClI4N15O5V-. The molecule has 6 rings (SSSR count). The molecule has 3 aliphatic heterocycles. The summed E-state index contributed by atoms with van der Waals surface area (Å²) in [7, 11) is 7.30. The van der Waals surface area contributed by atoms with Gasteiger partial charge in [0.05, 0.1) is 21.2 Å². The van der Waals surface area contributed by atoms with Crippen molar-refractivity contribution in [2.24, 2.45) is 0 Å². The van der Waals surface area contributed by atoms with Crippen LogP contribution in [0.3, 0.4) is 0 Å². The summed E-state index contributed by atoms with van der Waals surface area (Å²) in [6.45, 7) is 16.1. The molecule has 20 nitrogen and oxygen atoms in total. The summed E-state index contributed by atoms with van der Waals surface area (Å²) in [5.41, 5.74) is 23.5. The second-order valence-electron chi connectivity index (χ2n) is 12.9. The predicted octanol–water partition coefficient (Wildman–Crippen LogP) is 5.88. The zero-order chi connectivity index (χ0) is 46.0. The Morgan fingerprint density at radius 3 is 1.37 bits per heavy atom. The molecule has 1 radical (unpaired) electrons. The van der Waals surface area contributed by atoms with Gasteiger partial charge in [-0.15, -0.1) is 0 Å². The van der Waals surface area contributed by atoms with Crippen molar-refractivity contribution in [3.05, 3.63) is 66.6 Å². The fourth-order valence-corrected chi connectivity index (χ4v) is 5.27. The van der Waals surface area contributed by atoms with Gasteiger partial charge < -0.3 is 80.4 Å². The molecule has 0 aliphatic carbocycles. The standard InChI is InChI=1S/C10H15N5O2.C10H17N5.C5H4ClN3O2.C5H12N2.C2H3I3.C2H4I.CH4O.CH4.V/c1-13-4-6-14(7-5-13)10-9(15(16)17)8(11)2-3-12-10;1-14-4-6-15(7-5-14)10-9(12)8(11)2-3-13-10;6-5-4(9(10)11)3(7)1-2-8-5;1-7-4-2-6-3-5-7;1-2(3,4)5;1-2-3;1-2;;/h2-3H,4-7H2,1H3,(H2,11,12);2-3H,4-7,12H2,1H3,(H2,11,13);1-2H,(H2,7,8);6H,2-5H2,1H3;1H3;2H,1H3;2H,1H3;1H4;/q;;;;;-1;;;. The number of hydrogen-bond acceptors (Lipinski definition) is 18. The summed E-state index contributed by atoms with van der Waals surface area (Å²) in [4.78, 5) is 42.9. The zero-order valence-electron chi connectivity index (χ0n) is 35.2. The molecule has 3 aromatic rings. The van der Waals surface area contributed by atoms with Crippen LogP contribution in [-0.2, 0) is 18.6 Å². The van der Waals surface area contributed by atoms with Crippen molar-refractivity contribution < 1.29 is 33.5 Å². The minimum atomic E-state index is -0.662. The van der Waals surface area contributed by atoms with Crippen LogP contribution in [0.4, 0.5) is 45.8 Å². The summed E-state index contributed by atoms with van der Waals surface area (Å²) < 4.78 is 2.38. The molecule has 6 heterocycles. The fourth-order valence-electron chi connectivity index (χ4n) is 5.04. The molecule has 0 unspecified atom stereocenters. The van der Waals surface area contributed by atoms with Crippen LogP contribution in [0.2, 0.25) is 5.15 Å². The topological polar surface area (TPSA) is 277 Å². The monoisotopic (exact) mass is 1380 g/mol. The molecule has 3 fully saturated rings. The van der Waals surface area contributed by atoms with Crippen LogP contribution in [-0.4, -0.2) is 151 Å². The van der Waals surface area contributed by atoms with E-state index in [1.54, 1.807) is 12.3 Å². The number of alkyl halides is 3. The van der Waals surface area contributed by atoms with E-state index in [1.165, 1.54) is 37.6 Å². The fraction of sp³-hybridized carbons (Fsp3) is 0.556. The molecule has 0 bridgehead atoms. The second kappa shape index (κ2) is 35.8. The van der Waals surface area contributed by atoms with Crippen molar-refractivity contribution in [1.82, 2.24) is 35.0 Å². The Kier molecular flexibility index (Phi) is 37.5. The number of hydrogen-bond donors (Lipinski definition) is 6. The van der Waals surface area contributed by atoms with Crippen LogP contribution < -0.4 is 38.1 Å². The molecule has 62 heavy (non-hydrogen) atoms. The van der Waals surface area contributed by atoms with Crippen LogP contribution in [0, 0.1) is 24.7 Å². The molecule has 0 amide bonds. The number of nitrogens with zero attached hydrogens (tertiary/aromatic N) is 10. The molecule has 353 valence electrons. The average Bonchev–Trinajstić information content (AvgIpc) is 3.18. The van der Waals surface area contributed by atoms with Crippen LogP contribution in [0.25, 0.3) is 0 Å². The van der Waals surface area contributed by atoms with Crippen LogP contribution >= 0.6 is 102 Å². The van der Waals surface area contributed by atoms with E-state index < -0.39 is 9.85 Å². The first kappa shape index (κ1) is 64.9. The van der Waals surface area contributed by atoms with E-state index in [2.05, 4.69) is 151 Å². The quantitative estimate of drug-likeness (QED) is 0.0444. The molecule has 10 N–H and O–H groups in total. The number of aromatic nitrogens is 3. The Labute approximate surface area is 438 Å². The first-order valence-corrected chi connectivity index (χ1v) is 23.2. The number of aliphatic hydroxyl groups excluding tert-OH is 1. The van der Waals surface area contributed by atoms with Crippen LogP contribution in [0.5, 0.6) is 0 Å². The van der Waals surface area contributed by atoms with Crippen molar-refractivity contribution in [3.63, 3.8) is 0 Å². The van der Waals surface area contributed by atoms with E-state index >= 15 is 0 Å². The van der Waals surface area contributed by atoms with E-state index in [0.717, 1.165) is 78.4 Å². The number of nitrogens with two attached hydrogens (primary N) is 4. The van der Waals surface area contributed by atoms with Gasteiger partial charge in [0.25, 0.3) is 0 Å². The van der Waals surface area contributed by atoms with Crippen molar-refractivity contribution in [2.75, 3.05) is 140 Å². The van der Waals surface area contributed by atoms with E-state index in [4.69, 9.17) is 39.6 Å². The molecule has 3 aliphatic rings. The third kappa shape index (κ3) is 27.2. The first-order chi connectivity index (χ1) is 28.2. The maximum absolute atomic E-state index is 11.0. The van der Waals surface area contributed by atoms with Gasteiger partial charge in [-0.3, -0.25) is 24.7 Å². The summed E-state index contributed by atoms with van der Waals surface area (Å²) in [5.74, 6) is 1.20. The second-order valence-corrected chi connectivity index (χ2v) is 27.2. The third-order valence-corrected chi connectivity index (χ3v) is 8.44. The SMILES string of the molecule is C.CC(I)(I)I.CN1CCN(c2nccc(N)c2N)CC1.CN1CCN(c2nccc(N)c2[N+](=O)[O-])CC1.CN1CCNCC1.CO.C[CH-]I.Nc1ccnc(Cl)c1[N+](=O)[O-].[V]. The minimum Gasteiger partial charge on any atom is -0.400 e. The summed E-state index contributed by atoms with van der Waals surface area (Å²) in [5, 5.41) is 31.3. The number of nitrogens with one attached hydrogen (secondary N) is 1. The maximum atomic E-state index is 11.0. The summed E-state index contributed by atoms with van der Waals surface area (Å²) in [6, 6.07) is 4.51. The number of likely N-dealkylation sites (N-methyl/N-ethyl adjacent to an activating group) is 3. The Morgan fingerprint density at radius 1 is 0.710 bits per heavy atom. The van der Waals surface area contributed by atoms with Gasteiger partial charge >= 0.3 is 11.4 Å². The van der Waals surface area contributed by atoms with Crippen molar-refractivity contribution >= 4 is 148 Å². The largest absolute Gasteiger partial charge is 0.400 e. The minimum absolute atomic E-state index is 0. The molecule has 0 aromatic carbocycles. The maximum Gasteiger partial charge on any atom is 0.334 e. The number of pyridine rings is 3. The predicted molar refractivity (Wildman–Crippen MR) is 288 cm³/mol. The molecule has 3 saturated heterocycles. The number of aliphatic hydroxyl groups is 1. The van der Waals surface area contributed by atoms with Crippen molar-refractivity contribution in [1.29, 1.82) is 0 Å². The van der Waals surface area contributed by atoms with Gasteiger partial charge in [-0.05, 0) is 46.3 Å². The van der Waals surface area contributed by atoms with Gasteiger partial charge in [-0.1, -0.05) is 86.8 Å². The summed E-state index contributed by atoms with van der Waals surface area (Å²) >= 11 is 14.6. The molecule has 0 atom stereocenters. The normalized spacial score (nSPS) is 15.0. The summed E-state index contributed by atoms with van der Waals surface area (Å²) in [6.07, 6.45) is 4.53. The molecule has 3 aromatic heterocycles. The molecule has 26 heteroatoms. The van der Waals surface area contributed by atoms with Crippen LogP contribution in [0.1, 0.15) is 21.3 Å². The molecular weight excluding hydrogens is 1320 g/mol. The number of nitro groups is 2. The zero-order valence-corrected chi connectivity index (χ0v) is 46.0. The van der Waals surface area contributed by atoms with Gasteiger partial charge in [-0.25, -0.2) is 15.0 Å². The molecule has 0 saturated carbocycles. The molecule has 0 spiro atoms. The third-order valence-electron chi connectivity index (χ3n) is 8.16. The first-order valence-electron chi connectivity index (χ1n) is 18.3. The van der Waals surface area contributed by atoms with E-state index in [9.17, 15) is 20.2 Å². The number of anilines is 6. The number of piperazine rings is 3. The van der Waals surface area contributed by atoms with Crippen molar-refractivity contribution in [3.8, 4) is 0 Å². The van der Waals surface area contributed by atoms with E-state index in [-0.39, 0.29) is 53.9 Å². The van der Waals surface area contributed by atoms with E-state index in [1.807, 2.05) is 23.3 Å². The van der Waals surface area contributed by atoms with Crippen molar-refractivity contribution in [2.45, 2.75) is 20.7 Å². The number of rotatable bonds is 4. The average molecular weight is 1380 g/mol. The smallest absolute Gasteiger partial charge is 0.334 e. The Hall–Kier alpha value is -1.36.